The van der Waals surface area contributed by atoms with Gasteiger partial charge in [-0.3, -0.25) is 4.79 Å². The number of carbonyl (C=O) groups excluding carboxylic acids is 1. The molecule has 1 amide bonds. The van der Waals surface area contributed by atoms with Gasteiger partial charge in [-0.05, 0) is 42.3 Å². The Morgan fingerprint density at radius 1 is 1.19 bits per heavy atom. The first-order valence-electron chi connectivity index (χ1n) is 8.52. The molecule has 2 heterocycles. The van der Waals surface area contributed by atoms with Gasteiger partial charge in [0.15, 0.2) is 0 Å². The minimum absolute atomic E-state index is 0.0694. The molecule has 26 heavy (non-hydrogen) atoms. The zero-order valence-electron chi connectivity index (χ0n) is 14.4. The summed E-state index contributed by atoms with van der Waals surface area (Å²) in [6.45, 7) is 3.26. The maximum Gasteiger partial charge on any atom is 0.232 e. The van der Waals surface area contributed by atoms with Crippen molar-refractivity contribution in [3.05, 3.63) is 70.6 Å². The van der Waals surface area contributed by atoms with E-state index in [1.807, 2.05) is 29.2 Å². The van der Waals surface area contributed by atoms with Gasteiger partial charge in [0.25, 0.3) is 0 Å². The Balaban J connectivity index is 1.49. The van der Waals surface area contributed by atoms with Crippen LogP contribution in [0, 0.1) is 6.92 Å². The summed E-state index contributed by atoms with van der Waals surface area (Å²) in [6, 6.07) is 15.4. The quantitative estimate of drug-likeness (QED) is 0.693. The lowest BCUT2D eigenvalue weighted by Gasteiger charge is -2.17. The lowest BCUT2D eigenvalue weighted by Crippen LogP contribution is -2.24. The third-order valence-corrected chi connectivity index (χ3v) is 4.98. The highest BCUT2D eigenvalue weighted by atomic mass is 35.5. The average Bonchev–Trinajstić information content (AvgIpc) is 3.25. The number of rotatable bonds is 4. The van der Waals surface area contributed by atoms with Crippen molar-refractivity contribution in [2.45, 2.75) is 25.8 Å². The highest BCUT2D eigenvalue weighted by molar-refractivity contribution is 6.30. The Kier molecular flexibility index (Phi) is 4.47. The number of aromatic nitrogens is 2. The van der Waals surface area contributed by atoms with Crippen LogP contribution in [0.3, 0.4) is 0 Å². The van der Waals surface area contributed by atoms with Crippen LogP contribution >= 0.6 is 11.6 Å². The molecule has 0 spiro atoms. The van der Waals surface area contributed by atoms with Crippen molar-refractivity contribution in [1.29, 1.82) is 0 Å². The molecule has 0 aliphatic carbocycles. The van der Waals surface area contributed by atoms with Gasteiger partial charge in [0.1, 0.15) is 0 Å². The molecule has 2 aromatic carbocycles. The molecule has 0 radical (unpaired) electrons. The maximum atomic E-state index is 12.4. The summed E-state index contributed by atoms with van der Waals surface area (Å²) in [5, 5.41) is 4.71. The summed E-state index contributed by atoms with van der Waals surface area (Å²) < 4.78 is 5.43. The molecule has 0 saturated carbocycles. The lowest BCUT2D eigenvalue weighted by molar-refractivity contribution is -0.128. The van der Waals surface area contributed by atoms with Crippen molar-refractivity contribution in [3.63, 3.8) is 0 Å². The number of benzene rings is 2. The van der Waals surface area contributed by atoms with Crippen LogP contribution in [0.2, 0.25) is 5.02 Å². The van der Waals surface area contributed by atoms with E-state index in [1.165, 1.54) is 5.56 Å². The monoisotopic (exact) mass is 367 g/mol. The highest BCUT2D eigenvalue weighted by Crippen LogP contribution is 2.30. The number of aryl methyl sites for hydroxylation is 1. The third-order valence-electron chi connectivity index (χ3n) is 4.73. The summed E-state index contributed by atoms with van der Waals surface area (Å²) in [7, 11) is 0. The first-order chi connectivity index (χ1) is 12.6. The topological polar surface area (TPSA) is 59.2 Å². The molecule has 4 rings (SSSR count). The molecule has 132 valence electrons. The zero-order valence-corrected chi connectivity index (χ0v) is 15.1. The van der Waals surface area contributed by atoms with Gasteiger partial charge >= 0.3 is 0 Å². The van der Waals surface area contributed by atoms with E-state index >= 15 is 0 Å². The van der Waals surface area contributed by atoms with Gasteiger partial charge < -0.3 is 9.42 Å². The number of likely N-dealkylation sites (tertiary alicyclic amines) is 1. The first-order valence-corrected chi connectivity index (χ1v) is 8.90. The summed E-state index contributed by atoms with van der Waals surface area (Å²) in [5.41, 5.74) is 3.19. The second-order valence-electron chi connectivity index (χ2n) is 6.56. The molecule has 5 nitrogen and oxygen atoms in total. The Labute approximate surface area is 156 Å². The number of nitrogens with zero attached hydrogens (tertiary/aromatic N) is 3. The number of hydrogen-bond acceptors (Lipinski definition) is 4. The molecule has 1 aliphatic heterocycles. The molecule has 0 N–H and O–H groups in total. The molecule has 1 fully saturated rings. The van der Waals surface area contributed by atoms with E-state index in [1.54, 1.807) is 12.1 Å². The molecule has 3 aromatic rings. The van der Waals surface area contributed by atoms with Crippen molar-refractivity contribution in [3.8, 4) is 11.4 Å². The fraction of sp³-hybridized carbons (Fsp3) is 0.250. The fourth-order valence-corrected chi connectivity index (χ4v) is 3.33. The molecule has 0 bridgehead atoms. The van der Waals surface area contributed by atoms with Crippen molar-refractivity contribution >= 4 is 17.5 Å². The van der Waals surface area contributed by atoms with Gasteiger partial charge in [-0.1, -0.05) is 41.0 Å². The van der Waals surface area contributed by atoms with Crippen LogP contribution in [-0.2, 0) is 11.3 Å². The summed E-state index contributed by atoms with van der Waals surface area (Å²) in [6.07, 6.45) is 0.397. The first kappa shape index (κ1) is 16.8. The van der Waals surface area contributed by atoms with Gasteiger partial charge in [-0.25, -0.2) is 0 Å². The van der Waals surface area contributed by atoms with E-state index < -0.39 is 0 Å². The van der Waals surface area contributed by atoms with Crippen molar-refractivity contribution in [1.82, 2.24) is 15.0 Å². The Hall–Kier alpha value is -2.66. The summed E-state index contributed by atoms with van der Waals surface area (Å²) in [5.74, 6) is 1.07. The van der Waals surface area contributed by atoms with Crippen LogP contribution in [-0.4, -0.2) is 27.5 Å². The van der Waals surface area contributed by atoms with Gasteiger partial charge in [0.2, 0.25) is 17.6 Å². The summed E-state index contributed by atoms with van der Waals surface area (Å²) >= 11 is 5.91. The average molecular weight is 368 g/mol. The molecule has 1 aromatic heterocycles. The Morgan fingerprint density at radius 3 is 2.73 bits per heavy atom. The van der Waals surface area contributed by atoms with Crippen molar-refractivity contribution < 1.29 is 9.32 Å². The van der Waals surface area contributed by atoms with E-state index in [9.17, 15) is 4.79 Å². The maximum absolute atomic E-state index is 12.4. The fourth-order valence-electron chi connectivity index (χ4n) is 3.20. The van der Waals surface area contributed by atoms with E-state index in [2.05, 4.69) is 29.2 Å². The number of amides is 1. The Morgan fingerprint density at radius 2 is 1.96 bits per heavy atom. The molecule has 1 atom stereocenters. The molecule has 6 heteroatoms. The second kappa shape index (κ2) is 6.92. The van der Waals surface area contributed by atoms with Crippen LogP contribution in [0.5, 0.6) is 0 Å². The smallest absolute Gasteiger partial charge is 0.232 e. The zero-order chi connectivity index (χ0) is 18.1. The highest BCUT2D eigenvalue weighted by Gasteiger charge is 2.34. The predicted octanol–water partition coefficient (Wildman–Crippen LogP) is 4.21. The summed E-state index contributed by atoms with van der Waals surface area (Å²) in [4.78, 5) is 18.8. The van der Waals surface area contributed by atoms with Crippen LogP contribution in [0.25, 0.3) is 11.4 Å². The molecular formula is C20H18ClN3O2. The number of carbonyl (C=O) groups is 1. The minimum Gasteiger partial charge on any atom is -0.339 e. The Bertz CT molecular complexity index is 936. The predicted molar refractivity (Wildman–Crippen MR) is 98.7 cm³/mol. The van der Waals surface area contributed by atoms with Gasteiger partial charge in [0, 0.05) is 30.1 Å². The number of halogens is 1. The van der Waals surface area contributed by atoms with Crippen LogP contribution in [0.15, 0.2) is 53.1 Å². The third kappa shape index (κ3) is 3.35. The lowest BCUT2D eigenvalue weighted by atomic mass is 10.1. The van der Waals surface area contributed by atoms with Crippen molar-refractivity contribution in [2.75, 3.05) is 6.54 Å². The molecule has 1 saturated heterocycles. The van der Waals surface area contributed by atoms with Crippen LogP contribution in [0.4, 0.5) is 0 Å². The van der Waals surface area contributed by atoms with Gasteiger partial charge in [-0.2, -0.15) is 4.98 Å². The largest absolute Gasteiger partial charge is 0.339 e. The molecule has 1 aliphatic rings. The van der Waals surface area contributed by atoms with E-state index in [0.29, 0.717) is 36.2 Å². The van der Waals surface area contributed by atoms with E-state index in [4.69, 9.17) is 16.1 Å². The van der Waals surface area contributed by atoms with Crippen molar-refractivity contribution in [2.24, 2.45) is 0 Å². The minimum atomic E-state index is -0.0694. The molecule has 1 unspecified atom stereocenters. The molecular weight excluding hydrogens is 350 g/mol. The van der Waals surface area contributed by atoms with Crippen LogP contribution in [0.1, 0.15) is 29.4 Å². The van der Waals surface area contributed by atoms with Gasteiger partial charge in [0.05, 0.1) is 5.92 Å². The van der Waals surface area contributed by atoms with Crippen LogP contribution < -0.4 is 0 Å². The normalized spacial score (nSPS) is 17.1. The second-order valence-corrected chi connectivity index (χ2v) is 7.00. The van der Waals surface area contributed by atoms with E-state index in [-0.39, 0.29) is 11.8 Å². The SMILES string of the molecule is Cc1ccccc1CN1CC(c2nc(-c3ccc(Cl)cc3)no2)CC1=O. The standard InChI is InChI=1S/C20H18ClN3O2/c1-13-4-2-3-5-15(13)11-24-12-16(10-18(24)25)20-22-19(23-26-20)14-6-8-17(21)9-7-14/h2-9,16H,10-12H2,1H3. The van der Waals surface area contributed by atoms with E-state index in [0.717, 1.165) is 11.1 Å². The van der Waals surface area contributed by atoms with Gasteiger partial charge in [-0.15, -0.1) is 0 Å². The number of hydrogen-bond donors (Lipinski definition) is 0.